The Hall–Kier alpha value is -2.31. The van der Waals surface area contributed by atoms with Gasteiger partial charge in [0.15, 0.2) is 0 Å². The van der Waals surface area contributed by atoms with Crippen LogP contribution in [-0.4, -0.2) is 26.4 Å². The summed E-state index contributed by atoms with van der Waals surface area (Å²) in [7, 11) is 0. The van der Waals surface area contributed by atoms with Crippen molar-refractivity contribution in [2.24, 2.45) is 0 Å². The lowest BCUT2D eigenvalue weighted by Gasteiger charge is -2.27. The molecule has 3 aromatic rings. The Morgan fingerprint density at radius 3 is 2.74 bits per heavy atom. The maximum atomic E-state index is 12.5. The van der Waals surface area contributed by atoms with Crippen molar-refractivity contribution in [3.05, 3.63) is 68.3 Å². The van der Waals surface area contributed by atoms with Gasteiger partial charge in [-0.15, -0.1) is 11.3 Å². The highest BCUT2D eigenvalue weighted by Crippen LogP contribution is 2.29. The van der Waals surface area contributed by atoms with Gasteiger partial charge in [-0.1, -0.05) is 44.2 Å². The van der Waals surface area contributed by atoms with Gasteiger partial charge in [0.1, 0.15) is 10.8 Å². The molecule has 3 heterocycles. The fourth-order valence-corrected chi connectivity index (χ4v) is 4.50. The SMILES string of the molecule is Cc1nc(-c2ccccc2)sc1CN1CCc2nc(C(C)C)[nH]c(=O)c2C1. The number of rotatable bonds is 4. The van der Waals surface area contributed by atoms with Crippen molar-refractivity contribution in [3.8, 4) is 10.6 Å². The van der Waals surface area contributed by atoms with E-state index in [1.165, 1.54) is 4.88 Å². The molecule has 0 spiro atoms. The number of aryl methyl sites for hydroxylation is 1. The summed E-state index contributed by atoms with van der Waals surface area (Å²) in [6, 6.07) is 10.3. The fourth-order valence-electron chi connectivity index (χ4n) is 3.39. The first-order valence-electron chi connectivity index (χ1n) is 9.37. The van der Waals surface area contributed by atoms with E-state index in [0.717, 1.165) is 52.9 Å². The minimum absolute atomic E-state index is 0.0133. The molecule has 0 unspecified atom stereocenters. The molecular weight excluding hydrogens is 356 g/mol. The van der Waals surface area contributed by atoms with Gasteiger partial charge in [-0.2, -0.15) is 0 Å². The molecule has 0 bridgehead atoms. The maximum Gasteiger partial charge on any atom is 0.255 e. The minimum Gasteiger partial charge on any atom is -0.310 e. The van der Waals surface area contributed by atoms with Crippen molar-refractivity contribution in [3.63, 3.8) is 0 Å². The number of hydrogen-bond donors (Lipinski definition) is 1. The summed E-state index contributed by atoms with van der Waals surface area (Å²) in [6.45, 7) is 8.56. The average Bonchev–Trinajstić information content (AvgIpc) is 3.03. The number of aromatic amines is 1. The molecule has 0 saturated heterocycles. The highest BCUT2D eigenvalue weighted by atomic mass is 32.1. The van der Waals surface area contributed by atoms with E-state index in [1.807, 2.05) is 18.2 Å². The number of thiazole rings is 1. The van der Waals surface area contributed by atoms with Gasteiger partial charge in [0.25, 0.3) is 5.56 Å². The number of nitrogens with zero attached hydrogens (tertiary/aromatic N) is 3. The van der Waals surface area contributed by atoms with Crippen molar-refractivity contribution in [1.82, 2.24) is 19.9 Å². The summed E-state index contributed by atoms with van der Waals surface area (Å²) in [4.78, 5) is 28.5. The van der Waals surface area contributed by atoms with E-state index >= 15 is 0 Å². The first kappa shape index (κ1) is 18.1. The zero-order valence-electron chi connectivity index (χ0n) is 16.0. The topological polar surface area (TPSA) is 61.9 Å². The molecule has 0 aliphatic carbocycles. The number of benzene rings is 1. The quantitative estimate of drug-likeness (QED) is 0.746. The van der Waals surface area contributed by atoms with Crippen LogP contribution in [0.2, 0.25) is 0 Å². The third-order valence-electron chi connectivity index (χ3n) is 4.99. The van der Waals surface area contributed by atoms with Crippen LogP contribution in [0.3, 0.4) is 0 Å². The van der Waals surface area contributed by atoms with E-state index in [0.29, 0.717) is 6.54 Å². The predicted octanol–water partition coefficient (Wildman–Crippen LogP) is 3.88. The molecule has 1 aliphatic heterocycles. The van der Waals surface area contributed by atoms with Crippen LogP contribution in [0, 0.1) is 6.92 Å². The summed E-state index contributed by atoms with van der Waals surface area (Å²) in [5.74, 6) is 1.02. The molecule has 1 aliphatic rings. The second-order valence-corrected chi connectivity index (χ2v) is 8.47. The molecular formula is C21H24N4OS. The van der Waals surface area contributed by atoms with Crippen molar-refractivity contribution < 1.29 is 0 Å². The summed E-state index contributed by atoms with van der Waals surface area (Å²) in [6.07, 6.45) is 0.822. The number of H-pyrrole nitrogens is 1. The number of aromatic nitrogens is 3. The van der Waals surface area contributed by atoms with Crippen molar-refractivity contribution in [1.29, 1.82) is 0 Å². The summed E-state index contributed by atoms with van der Waals surface area (Å²) < 4.78 is 0. The minimum atomic E-state index is 0.0133. The molecule has 0 amide bonds. The van der Waals surface area contributed by atoms with Crippen LogP contribution < -0.4 is 5.56 Å². The molecule has 6 heteroatoms. The van der Waals surface area contributed by atoms with Crippen LogP contribution in [0.4, 0.5) is 0 Å². The van der Waals surface area contributed by atoms with Gasteiger partial charge in [0.2, 0.25) is 0 Å². The second kappa shape index (κ2) is 7.37. The van der Waals surface area contributed by atoms with Crippen molar-refractivity contribution in [2.45, 2.75) is 46.2 Å². The van der Waals surface area contributed by atoms with E-state index < -0.39 is 0 Å². The van der Waals surface area contributed by atoms with Crippen LogP contribution >= 0.6 is 11.3 Å². The van der Waals surface area contributed by atoms with Gasteiger partial charge in [-0.05, 0) is 6.92 Å². The number of nitrogens with one attached hydrogen (secondary N) is 1. The zero-order chi connectivity index (χ0) is 19.0. The van der Waals surface area contributed by atoms with Gasteiger partial charge in [-0.3, -0.25) is 9.69 Å². The Balaban J connectivity index is 1.54. The maximum absolute atomic E-state index is 12.5. The van der Waals surface area contributed by atoms with Gasteiger partial charge in [0.05, 0.1) is 17.0 Å². The molecule has 2 aromatic heterocycles. The lowest BCUT2D eigenvalue weighted by molar-refractivity contribution is 0.243. The summed E-state index contributed by atoms with van der Waals surface area (Å²) >= 11 is 1.74. The van der Waals surface area contributed by atoms with Crippen molar-refractivity contribution in [2.75, 3.05) is 6.54 Å². The molecule has 4 rings (SSSR count). The highest BCUT2D eigenvalue weighted by molar-refractivity contribution is 7.15. The largest absolute Gasteiger partial charge is 0.310 e. The highest BCUT2D eigenvalue weighted by Gasteiger charge is 2.23. The lowest BCUT2D eigenvalue weighted by atomic mass is 10.1. The molecule has 5 nitrogen and oxygen atoms in total. The molecule has 140 valence electrons. The molecule has 0 fully saturated rings. The normalized spacial score (nSPS) is 14.5. The van der Waals surface area contributed by atoms with Gasteiger partial charge >= 0.3 is 0 Å². The second-order valence-electron chi connectivity index (χ2n) is 7.39. The fraction of sp³-hybridized carbons (Fsp3) is 0.381. The standard InChI is InChI=1S/C21H24N4OS/c1-13(2)19-23-17-9-10-25(11-16(17)20(26)24-19)12-18-14(3)22-21(27-18)15-7-5-4-6-8-15/h4-8,13H,9-12H2,1-3H3,(H,23,24,26). The lowest BCUT2D eigenvalue weighted by Crippen LogP contribution is -2.35. The Labute approximate surface area is 163 Å². The Kier molecular flexibility index (Phi) is 4.93. The van der Waals surface area contributed by atoms with E-state index in [9.17, 15) is 4.79 Å². The predicted molar refractivity (Wildman–Crippen MR) is 109 cm³/mol. The molecule has 1 N–H and O–H groups in total. The van der Waals surface area contributed by atoms with Crippen LogP contribution in [0.5, 0.6) is 0 Å². The van der Waals surface area contributed by atoms with E-state index in [-0.39, 0.29) is 11.5 Å². The Morgan fingerprint density at radius 1 is 1.22 bits per heavy atom. The molecule has 0 saturated carbocycles. The number of fused-ring (bicyclic) bond motifs is 1. The van der Waals surface area contributed by atoms with Crippen LogP contribution in [-0.2, 0) is 19.5 Å². The Bertz CT molecular complexity index is 1010. The van der Waals surface area contributed by atoms with E-state index in [2.05, 4.69) is 47.8 Å². The van der Waals surface area contributed by atoms with Gasteiger partial charge in [0, 0.05) is 42.4 Å². The van der Waals surface area contributed by atoms with Gasteiger partial charge in [-0.25, -0.2) is 9.97 Å². The summed E-state index contributed by atoms with van der Waals surface area (Å²) in [5, 5.41) is 1.06. The first-order chi connectivity index (χ1) is 13.0. The monoisotopic (exact) mass is 380 g/mol. The molecule has 0 atom stereocenters. The third kappa shape index (κ3) is 3.73. The van der Waals surface area contributed by atoms with E-state index in [4.69, 9.17) is 4.98 Å². The Morgan fingerprint density at radius 2 is 2.00 bits per heavy atom. The summed E-state index contributed by atoms with van der Waals surface area (Å²) in [5.41, 5.74) is 4.02. The molecule has 0 radical (unpaired) electrons. The van der Waals surface area contributed by atoms with Crippen LogP contribution in [0.25, 0.3) is 10.6 Å². The molecule has 27 heavy (non-hydrogen) atoms. The number of hydrogen-bond acceptors (Lipinski definition) is 5. The molecule has 1 aromatic carbocycles. The van der Waals surface area contributed by atoms with Gasteiger partial charge < -0.3 is 4.98 Å². The average molecular weight is 381 g/mol. The zero-order valence-corrected chi connectivity index (χ0v) is 16.8. The van der Waals surface area contributed by atoms with Crippen LogP contribution in [0.1, 0.15) is 47.4 Å². The third-order valence-corrected chi connectivity index (χ3v) is 6.18. The van der Waals surface area contributed by atoms with Crippen LogP contribution in [0.15, 0.2) is 35.1 Å². The first-order valence-corrected chi connectivity index (χ1v) is 10.2. The van der Waals surface area contributed by atoms with Crippen molar-refractivity contribution >= 4 is 11.3 Å². The van der Waals surface area contributed by atoms with E-state index in [1.54, 1.807) is 11.3 Å². The smallest absolute Gasteiger partial charge is 0.255 e.